The van der Waals surface area contributed by atoms with Crippen LogP contribution >= 0.6 is 0 Å². The number of anilines is 1. The molecule has 2 amide bonds. The van der Waals surface area contributed by atoms with Gasteiger partial charge in [0.1, 0.15) is 17.6 Å². The van der Waals surface area contributed by atoms with Gasteiger partial charge in [-0.2, -0.15) is 0 Å². The lowest BCUT2D eigenvalue weighted by Crippen LogP contribution is -2.43. The number of ether oxygens (including phenoxy) is 2. The van der Waals surface area contributed by atoms with Crippen LogP contribution in [-0.4, -0.2) is 42.5 Å². The molecule has 2 aliphatic rings. The molecule has 2 atom stereocenters. The zero-order chi connectivity index (χ0) is 23.7. The molecule has 0 aliphatic carbocycles. The maximum atomic E-state index is 13.4. The second-order valence-electron chi connectivity index (χ2n) is 9.13. The molecule has 6 heteroatoms. The van der Waals surface area contributed by atoms with E-state index in [0.29, 0.717) is 36.7 Å². The quantitative estimate of drug-likeness (QED) is 0.581. The minimum Gasteiger partial charge on any atom is -0.492 e. The average Bonchev–Trinajstić information content (AvgIpc) is 3.22. The minimum absolute atomic E-state index is 0.0239. The van der Waals surface area contributed by atoms with Gasteiger partial charge in [0, 0.05) is 36.7 Å². The van der Waals surface area contributed by atoms with Crippen molar-refractivity contribution in [3.05, 3.63) is 65.7 Å². The third-order valence-corrected chi connectivity index (χ3v) is 6.66. The Hall–Kier alpha value is -3.54. The van der Waals surface area contributed by atoms with Crippen LogP contribution < -0.4 is 14.8 Å². The number of rotatable bonds is 5. The van der Waals surface area contributed by atoms with Crippen LogP contribution in [0.1, 0.15) is 42.6 Å². The molecule has 34 heavy (non-hydrogen) atoms. The number of likely N-dealkylation sites (tertiary alicyclic amines) is 1. The van der Waals surface area contributed by atoms with Gasteiger partial charge < -0.3 is 19.7 Å². The molecule has 1 fully saturated rings. The molecule has 1 saturated heterocycles. The zero-order valence-electron chi connectivity index (χ0n) is 19.7. The van der Waals surface area contributed by atoms with Crippen molar-refractivity contribution in [2.24, 2.45) is 5.92 Å². The number of carbonyl (C=O) groups excluding carboxylic acids is 2. The highest BCUT2D eigenvalue weighted by molar-refractivity contribution is 6.07. The molecular weight excluding hydrogens is 428 g/mol. The van der Waals surface area contributed by atoms with Gasteiger partial charge in [-0.05, 0) is 49.6 Å². The predicted octanol–water partition coefficient (Wildman–Crippen LogP) is 5.05. The summed E-state index contributed by atoms with van der Waals surface area (Å²) in [7, 11) is 0. The molecule has 1 N–H and O–H groups in total. The van der Waals surface area contributed by atoms with Crippen LogP contribution in [0.25, 0.3) is 10.8 Å². The van der Waals surface area contributed by atoms with Crippen molar-refractivity contribution in [2.45, 2.75) is 39.2 Å². The number of nitrogens with one attached hydrogen (secondary N) is 1. The van der Waals surface area contributed by atoms with E-state index in [1.165, 1.54) is 0 Å². The van der Waals surface area contributed by atoms with E-state index in [9.17, 15) is 9.59 Å². The summed E-state index contributed by atoms with van der Waals surface area (Å²) in [6.07, 6.45) is 2.48. The van der Waals surface area contributed by atoms with E-state index in [-0.39, 0.29) is 23.8 Å². The number of benzene rings is 3. The van der Waals surface area contributed by atoms with Gasteiger partial charge in [0.05, 0.1) is 18.2 Å². The Bertz CT molecular complexity index is 1230. The molecule has 0 aromatic heterocycles. The van der Waals surface area contributed by atoms with Gasteiger partial charge in [0.25, 0.3) is 5.91 Å². The van der Waals surface area contributed by atoms with Crippen LogP contribution in [0.4, 0.5) is 5.69 Å². The first-order valence-electron chi connectivity index (χ1n) is 12.1. The van der Waals surface area contributed by atoms with Crippen molar-refractivity contribution in [1.29, 1.82) is 0 Å². The van der Waals surface area contributed by atoms with Crippen molar-refractivity contribution in [3.8, 4) is 11.5 Å². The van der Waals surface area contributed by atoms with Gasteiger partial charge in [-0.25, -0.2) is 0 Å². The van der Waals surface area contributed by atoms with Crippen LogP contribution in [0, 0.1) is 5.92 Å². The van der Waals surface area contributed by atoms with E-state index in [4.69, 9.17) is 9.47 Å². The van der Waals surface area contributed by atoms with Gasteiger partial charge in [-0.15, -0.1) is 0 Å². The van der Waals surface area contributed by atoms with Gasteiger partial charge in [-0.3, -0.25) is 9.59 Å². The van der Waals surface area contributed by atoms with Crippen LogP contribution in [0.3, 0.4) is 0 Å². The number of carbonyl (C=O) groups is 2. The van der Waals surface area contributed by atoms with Crippen molar-refractivity contribution in [3.63, 3.8) is 0 Å². The summed E-state index contributed by atoms with van der Waals surface area (Å²) < 4.78 is 11.7. The van der Waals surface area contributed by atoms with Gasteiger partial charge >= 0.3 is 0 Å². The third-order valence-electron chi connectivity index (χ3n) is 6.66. The van der Waals surface area contributed by atoms with Crippen molar-refractivity contribution in [1.82, 2.24) is 4.90 Å². The fourth-order valence-corrected chi connectivity index (χ4v) is 5.00. The lowest BCUT2D eigenvalue weighted by molar-refractivity contribution is -0.121. The molecular formula is C28H30N2O4. The van der Waals surface area contributed by atoms with Crippen LogP contribution in [0.15, 0.2) is 54.6 Å². The van der Waals surface area contributed by atoms with Crippen LogP contribution in [-0.2, 0) is 11.2 Å². The van der Waals surface area contributed by atoms with Crippen molar-refractivity contribution < 1.29 is 19.1 Å². The Labute approximate surface area is 199 Å². The molecule has 5 rings (SSSR count). The van der Waals surface area contributed by atoms with Crippen LogP contribution in [0.2, 0.25) is 0 Å². The standard InChI is InChI=1S/C28H30N2O4/c1-3-33-26-15-21-14-18(2)34-25(21)16-24(26)29-27(31)20-10-7-13-30(17-20)28(32)23-12-6-9-19-8-4-5-11-22(19)23/h4-6,8-9,11-12,15-16,18,20H,3,7,10,13-14,17H2,1-2H3,(H,29,31). The third kappa shape index (κ3) is 4.32. The summed E-state index contributed by atoms with van der Waals surface area (Å²) in [6, 6.07) is 17.5. The summed E-state index contributed by atoms with van der Waals surface area (Å²) >= 11 is 0. The zero-order valence-corrected chi connectivity index (χ0v) is 19.7. The second kappa shape index (κ2) is 9.37. The molecule has 0 saturated carbocycles. The van der Waals surface area contributed by atoms with E-state index < -0.39 is 0 Å². The average molecular weight is 459 g/mol. The monoisotopic (exact) mass is 458 g/mol. The van der Waals surface area contributed by atoms with Gasteiger partial charge in [0.2, 0.25) is 5.91 Å². The Morgan fingerprint density at radius 1 is 1.15 bits per heavy atom. The summed E-state index contributed by atoms with van der Waals surface area (Å²) in [5.74, 6) is 1.05. The highest BCUT2D eigenvalue weighted by atomic mass is 16.5. The van der Waals surface area contributed by atoms with E-state index >= 15 is 0 Å². The number of nitrogens with zero attached hydrogens (tertiary/aromatic N) is 1. The lowest BCUT2D eigenvalue weighted by Gasteiger charge is -2.32. The normalized spacial score (nSPS) is 19.4. The molecule has 0 spiro atoms. The highest BCUT2D eigenvalue weighted by Gasteiger charge is 2.30. The number of piperidine rings is 1. The Balaban J connectivity index is 1.33. The summed E-state index contributed by atoms with van der Waals surface area (Å²) in [5, 5.41) is 5.03. The predicted molar refractivity (Wildman–Crippen MR) is 133 cm³/mol. The molecule has 2 unspecified atom stereocenters. The molecule has 3 aromatic carbocycles. The molecule has 176 valence electrons. The van der Waals surface area contributed by atoms with Crippen molar-refractivity contribution >= 4 is 28.3 Å². The maximum Gasteiger partial charge on any atom is 0.254 e. The minimum atomic E-state index is -0.282. The molecule has 0 bridgehead atoms. The number of hydrogen-bond acceptors (Lipinski definition) is 4. The Morgan fingerprint density at radius 2 is 1.97 bits per heavy atom. The fraction of sp³-hybridized carbons (Fsp3) is 0.357. The van der Waals surface area contributed by atoms with Gasteiger partial charge in [-0.1, -0.05) is 36.4 Å². The highest BCUT2D eigenvalue weighted by Crippen LogP contribution is 2.38. The molecule has 6 nitrogen and oxygen atoms in total. The van der Waals surface area contributed by atoms with E-state index in [1.54, 1.807) is 0 Å². The first-order chi connectivity index (χ1) is 16.5. The first-order valence-corrected chi connectivity index (χ1v) is 12.1. The summed E-state index contributed by atoms with van der Waals surface area (Å²) in [4.78, 5) is 28.5. The Kier molecular flexibility index (Phi) is 6.14. The number of amides is 2. The SMILES string of the molecule is CCOc1cc2c(cc1NC(=O)C1CCCN(C(=O)c3cccc4ccccc34)C1)OC(C)C2. The largest absolute Gasteiger partial charge is 0.492 e. The maximum absolute atomic E-state index is 13.4. The second-order valence-corrected chi connectivity index (χ2v) is 9.13. The van der Waals surface area contributed by atoms with E-state index in [2.05, 4.69) is 5.32 Å². The summed E-state index contributed by atoms with van der Waals surface area (Å²) in [5.41, 5.74) is 2.40. The molecule has 2 aliphatic heterocycles. The first kappa shape index (κ1) is 22.3. The van der Waals surface area contributed by atoms with Crippen LogP contribution in [0.5, 0.6) is 11.5 Å². The molecule has 3 aromatic rings. The smallest absolute Gasteiger partial charge is 0.254 e. The fourth-order valence-electron chi connectivity index (χ4n) is 5.00. The molecule has 2 heterocycles. The van der Waals surface area contributed by atoms with Gasteiger partial charge in [0.15, 0.2) is 0 Å². The van der Waals surface area contributed by atoms with Crippen molar-refractivity contribution in [2.75, 3.05) is 25.0 Å². The lowest BCUT2D eigenvalue weighted by atomic mass is 9.95. The molecule has 0 radical (unpaired) electrons. The Morgan fingerprint density at radius 3 is 2.82 bits per heavy atom. The number of fused-ring (bicyclic) bond motifs is 2. The van der Waals surface area contributed by atoms with E-state index in [1.807, 2.05) is 73.3 Å². The van der Waals surface area contributed by atoms with E-state index in [0.717, 1.165) is 41.3 Å². The summed E-state index contributed by atoms with van der Waals surface area (Å²) in [6.45, 7) is 5.52. The number of hydrogen-bond donors (Lipinski definition) is 1. The topological polar surface area (TPSA) is 67.9 Å².